The fourth-order valence-corrected chi connectivity index (χ4v) is 4.90. The van der Waals surface area contributed by atoms with Crippen LogP contribution in [0.5, 0.6) is 11.5 Å². The molecule has 0 atom stereocenters. The van der Waals surface area contributed by atoms with Crippen molar-refractivity contribution in [1.29, 1.82) is 0 Å². The second-order valence-corrected chi connectivity index (χ2v) is 10.2. The van der Waals surface area contributed by atoms with Gasteiger partial charge in [-0.3, -0.25) is 19.3 Å². The van der Waals surface area contributed by atoms with E-state index in [1.807, 2.05) is 0 Å². The Kier molecular flexibility index (Phi) is 8.14. The molecule has 0 amide bonds. The maximum absolute atomic E-state index is 12.9. The summed E-state index contributed by atoms with van der Waals surface area (Å²) in [5, 5.41) is 14.4. The quantitative estimate of drug-likeness (QED) is 0.115. The topological polar surface area (TPSA) is 151 Å². The van der Waals surface area contributed by atoms with Gasteiger partial charge in [0.25, 0.3) is 5.69 Å². The van der Waals surface area contributed by atoms with Crippen molar-refractivity contribution in [2.24, 2.45) is 0 Å². The maximum Gasteiger partial charge on any atom is 0.339 e. The summed E-state index contributed by atoms with van der Waals surface area (Å²) in [6.45, 7) is 1.77. The van der Waals surface area contributed by atoms with Gasteiger partial charge < -0.3 is 19.0 Å². The third-order valence-electron chi connectivity index (χ3n) is 5.33. The molecule has 2 aromatic carbocycles. The van der Waals surface area contributed by atoms with E-state index in [1.54, 1.807) is 29.7 Å². The van der Waals surface area contributed by atoms with Gasteiger partial charge in [0.05, 0.1) is 23.7 Å². The standard InChI is InChI=1S/C24H20Cl2N4O8S/c1-3-37-22(31)12-27-24-23(28-21-9-5-15(25)13-29(21)24)14-4-8-19(20(10-14)36-2)38-39(34,35)16-6-7-17(26)18(11-16)30(32)33/h4-11,13,27H,3,12H2,1-2H3. The average molecular weight is 595 g/mol. The van der Waals surface area contributed by atoms with E-state index in [0.29, 0.717) is 27.7 Å². The molecule has 4 aromatic rings. The Morgan fingerprint density at radius 3 is 2.59 bits per heavy atom. The summed E-state index contributed by atoms with van der Waals surface area (Å²) in [5.74, 6) is -0.190. The molecule has 0 aliphatic heterocycles. The van der Waals surface area contributed by atoms with Crippen molar-refractivity contribution in [3.8, 4) is 22.8 Å². The highest BCUT2D eigenvalue weighted by atomic mass is 35.5. The second-order valence-electron chi connectivity index (χ2n) is 7.82. The number of carbonyl (C=O) groups is 1. The van der Waals surface area contributed by atoms with E-state index in [-0.39, 0.29) is 29.7 Å². The molecule has 2 heterocycles. The van der Waals surface area contributed by atoms with E-state index in [2.05, 4.69) is 10.3 Å². The molecule has 0 radical (unpaired) electrons. The number of nitro groups is 1. The van der Waals surface area contributed by atoms with Crippen LogP contribution in [0.2, 0.25) is 10.0 Å². The van der Waals surface area contributed by atoms with Crippen LogP contribution < -0.4 is 14.2 Å². The van der Waals surface area contributed by atoms with Crippen LogP contribution in [0.25, 0.3) is 16.9 Å². The lowest BCUT2D eigenvalue weighted by Gasteiger charge is -2.13. The van der Waals surface area contributed by atoms with E-state index in [4.69, 9.17) is 36.9 Å². The Hall–Kier alpha value is -4.07. The molecule has 4 rings (SSSR count). The zero-order valence-electron chi connectivity index (χ0n) is 20.4. The van der Waals surface area contributed by atoms with Crippen LogP contribution in [0.3, 0.4) is 0 Å². The van der Waals surface area contributed by atoms with Crippen LogP contribution in [0.4, 0.5) is 11.5 Å². The van der Waals surface area contributed by atoms with Crippen molar-refractivity contribution in [3.05, 3.63) is 74.9 Å². The average Bonchev–Trinajstić information content (AvgIpc) is 3.25. The molecule has 12 nitrogen and oxygen atoms in total. The summed E-state index contributed by atoms with van der Waals surface area (Å²) in [6.07, 6.45) is 1.62. The molecule has 15 heteroatoms. The number of anilines is 1. The molecule has 0 spiro atoms. The first kappa shape index (κ1) is 28.0. The minimum Gasteiger partial charge on any atom is -0.493 e. The SMILES string of the molecule is CCOC(=O)CNc1c(-c2ccc(OS(=O)(=O)c3ccc(Cl)c([N+](=O)[O-])c3)c(OC)c2)nc2ccc(Cl)cn12. The molecular formula is C24H20Cl2N4O8S. The number of ether oxygens (including phenoxy) is 2. The first-order valence-electron chi connectivity index (χ1n) is 11.2. The van der Waals surface area contributed by atoms with Crippen LogP contribution in [-0.2, 0) is 19.6 Å². The predicted octanol–water partition coefficient (Wildman–Crippen LogP) is 4.97. The number of nitro benzene ring substituents is 1. The summed E-state index contributed by atoms with van der Waals surface area (Å²) in [6, 6.07) is 10.7. The third-order valence-corrected chi connectivity index (χ3v) is 7.10. The van der Waals surface area contributed by atoms with Crippen molar-refractivity contribution in [2.45, 2.75) is 11.8 Å². The van der Waals surface area contributed by atoms with Gasteiger partial charge in [-0.1, -0.05) is 23.2 Å². The number of pyridine rings is 1. The van der Waals surface area contributed by atoms with E-state index in [9.17, 15) is 23.3 Å². The zero-order valence-corrected chi connectivity index (χ0v) is 22.7. The normalized spacial score (nSPS) is 11.3. The molecule has 0 saturated heterocycles. The van der Waals surface area contributed by atoms with Gasteiger partial charge in [0.1, 0.15) is 33.6 Å². The monoisotopic (exact) mass is 594 g/mol. The van der Waals surface area contributed by atoms with Crippen LogP contribution >= 0.6 is 23.2 Å². The van der Waals surface area contributed by atoms with Gasteiger partial charge in [-0.05, 0) is 49.4 Å². The Labute approximate surface area is 232 Å². The number of hydrogen-bond donors (Lipinski definition) is 1. The predicted molar refractivity (Wildman–Crippen MR) is 143 cm³/mol. The Balaban J connectivity index is 1.72. The Morgan fingerprint density at radius 2 is 1.90 bits per heavy atom. The number of carbonyl (C=O) groups excluding carboxylic acids is 1. The maximum atomic E-state index is 12.9. The molecule has 39 heavy (non-hydrogen) atoms. The minimum absolute atomic E-state index is 0.0333. The Morgan fingerprint density at radius 1 is 1.13 bits per heavy atom. The van der Waals surface area contributed by atoms with Crippen molar-refractivity contribution >= 4 is 56.4 Å². The molecule has 2 aromatic heterocycles. The summed E-state index contributed by atoms with van der Waals surface area (Å²) in [5.41, 5.74) is 0.831. The number of rotatable bonds is 10. The number of halogens is 2. The summed E-state index contributed by atoms with van der Waals surface area (Å²) in [4.78, 5) is 26.5. The molecule has 0 unspecified atom stereocenters. The molecule has 0 saturated carbocycles. The highest BCUT2D eigenvalue weighted by molar-refractivity contribution is 7.87. The molecule has 0 bridgehead atoms. The van der Waals surface area contributed by atoms with Gasteiger partial charge in [-0.25, -0.2) is 4.98 Å². The molecule has 0 aliphatic rings. The number of benzene rings is 2. The minimum atomic E-state index is -4.49. The summed E-state index contributed by atoms with van der Waals surface area (Å²) in [7, 11) is -3.18. The van der Waals surface area contributed by atoms with Gasteiger partial charge in [0.2, 0.25) is 0 Å². The second kappa shape index (κ2) is 11.4. The van der Waals surface area contributed by atoms with E-state index >= 15 is 0 Å². The first-order chi connectivity index (χ1) is 18.5. The Bertz CT molecular complexity index is 1690. The number of aromatic nitrogens is 2. The van der Waals surface area contributed by atoms with Crippen molar-refractivity contribution in [2.75, 3.05) is 25.6 Å². The lowest BCUT2D eigenvalue weighted by atomic mass is 10.1. The van der Waals surface area contributed by atoms with Crippen LogP contribution in [0.15, 0.2) is 59.6 Å². The van der Waals surface area contributed by atoms with Gasteiger partial charge >= 0.3 is 16.1 Å². The van der Waals surface area contributed by atoms with Crippen molar-refractivity contribution in [3.63, 3.8) is 0 Å². The summed E-state index contributed by atoms with van der Waals surface area (Å²) >= 11 is 12.0. The lowest BCUT2D eigenvalue weighted by Crippen LogP contribution is -2.17. The molecule has 1 N–H and O–H groups in total. The van der Waals surface area contributed by atoms with Gasteiger partial charge in [-0.15, -0.1) is 0 Å². The van der Waals surface area contributed by atoms with Crippen molar-refractivity contribution in [1.82, 2.24) is 9.38 Å². The van der Waals surface area contributed by atoms with E-state index < -0.39 is 31.6 Å². The van der Waals surface area contributed by atoms with E-state index in [1.165, 1.54) is 25.3 Å². The zero-order chi connectivity index (χ0) is 28.3. The highest BCUT2D eigenvalue weighted by Crippen LogP contribution is 2.38. The van der Waals surface area contributed by atoms with Crippen LogP contribution in [0.1, 0.15) is 6.92 Å². The number of methoxy groups -OCH3 is 1. The number of fused-ring (bicyclic) bond motifs is 1. The van der Waals surface area contributed by atoms with Crippen LogP contribution in [0, 0.1) is 10.1 Å². The summed E-state index contributed by atoms with van der Waals surface area (Å²) < 4.78 is 43.0. The van der Waals surface area contributed by atoms with Crippen molar-refractivity contribution < 1.29 is 31.8 Å². The van der Waals surface area contributed by atoms with Crippen LogP contribution in [-0.4, -0.2) is 49.0 Å². The van der Waals surface area contributed by atoms with Gasteiger partial charge in [0, 0.05) is 17.8 Å². The highest BCUT2D eigenvalue weighted by Gasteiger charge is 2.25. The number of nitrogens with zero attached hydrogens (tertiary/aromatic N) is 3. The molecule has 0 fully saturated rings. The number of esters is 1. The fraction of sp³-hybridized carbons (Fsp3) is 0.167. The smallest absolute Gasteiger partial charge is 0.339 e. The first-order valence-corrected chi connectivity index (χ1v) is 13.3. The van der Waals surface area contributed by atoms with Gasteiger partial charge in [-0.2, -0.15) is 8.42 Å². The molecule has 204 valence electrons. The largest absolute Gasteiger partial charge is 0.493 e. The number of imidazole rings is 1. The molecular weight excluding hydrogens is 575 g/mol. The lowest BCUT2D eigenvalue weighted by molar-refractivity contribution is -0.384. The molecule has 0 aliphatic carbocycles. The third kappa shape index (κ3) is 6.00. The van der Waals surface area contributed by atoms with Gasteiger partial charge in [0.15, 0.2) is 11.5 Å². The van der Waals surface area contributed by atoms with E-state index in [0.717, 1.165) is 18.2 Å². The number of hydrogen-bond acceptors (Lipinski definition) is 10. The number of nitrogens with one attached hydrogen (secondary N) is 1. The fourth-order valence-electron chi connectivity index (χ4n) is 3.59.